The fourth-order valence-electron chi connectivity index (χ4n) is 3.45. The van der Waals surface area contributed by atoms with Crippen LogP contribution < -0.4 is 4.74 Å². The molecule has 0 aliphatic rings. The quantitative estimate of drug-likeness (QED) is 0.364. The molecule has 0 saturated heterocycles. The topological polar surface area (TPSA) is 27.1 Å². The van der Waals surface area contributed by atoms with E-state index in [1.807, 2.05) is 26.0 Å². The van der Waals surface area contributed by atoms with Gasteiger partial charge >= 0.3 is 0 Å². The maximum Gasteiger partial charge on any atom is 0.240 e. The number of rotatable bonds is 5. The number of benzene rings is 2. The van der Waals surface area contributed by atoms with E-state index >= 15 is 0 Å². The smallest absolute Gasteiger partial charge is 0.240 e. The summed E-state index contributed by atoms with van der Waals surface area (Å²) in [5, 5.41) is 1.27. The third-order valence-electron chi connectivity index (χ3n) is 5.07. The van der Waals surface area contributed by atoms with Crippen LogP contribution >= 0.6 is 11.6 Å². The van der Waals surface area contributed by atoms with Gasteiger partial charge in [-0.25, -0.2) is 8.78 Å². The molecule has 4 rings (SSSR count). The predicted octanol–water partition coefficient (Wildman–Crippen LogP) is 6.21. The SMILES string of the molecule is Cc1c(C)n(Cc2cccc(F)c2)c2c(OCc3ccc(F)cc3)nc(Cl)cc12. The highest BCUT2D eigenvalue weighted by atomic mass is 35.5. The Bertz CT molecular complexity index is 1190. The first-order valence-corrected chi connectivity index (χ1v) is 9.58. The maximum atomic E-state index is 13.7. The van der Waals surface area contributed by atoms with Crippen molar-refractivity contribution in [1.82, 2.24) is 9.55 Å². The average Bonchev–Trinajstić information content (AvgIpc) is 2.92. The largest absolute Gasteiger partial charge is 0.471 e. The highest BCUT2D eigenvalue weighted by Crippen LogP contribution is 2.34. The highest BCUT2D eigenvalue weighted by Gasteiger charge is 2.18. The van der Waals surface area contributed by atoms with Crippen LogP contribution in [0, 0.1) is 25.5 Å². The summed E-state index contributed by atoms with van der Waals surface area (Å²) in [5.74, 6) is -0.182. The standard InChI is InChI=1S/C23H19ClF2N2O/c1-14-15(2)28(12-17-4-3-5-19(26)10-17)22-20(14)11-21(24)27-23(22)29-13-16-6-8-18(25)9-7-16/h3-11H,12-13H2,1-2H3. The molecular formula is C23H19ClF2N2O. The van der Waals surface area contributed by atoms with Gasteiger partial charge in [-0.15, -0.1) is 0 Å². The second-order valence-electron chi connectivity index (χ2n) is 6.99. The molecule has 0 aliphatic heterocycles. The van der Waals surface area contributed by atoms with E-state index in [4.69, 9.17) is 16.3 Å². The van der Waals surface area contributed by atoms with E-state index < -0.39 is 0 Å². The van der Waals surface area contributed by atoms with Crippen molar-refractivity contribution in [3.05, 3.63) is 93.8 Å². The van der Waals surface area contributed by atoms with Gasteiger partial charge < -0.3 is 9.30 Å². The molecule has 3 nitrogen and oxygen atoms in total. The number of pyridine rings is 1. The Kier molecular flexibility index (Phi) is 5.24. The second kappa shape index (κ2) is 7.84. The third-order valence-corrected chi connectivity index (χ3v) is 5.26. The molecule has 0 saturated carbocycles. The predicted molar refractivity (Wildman–Crippen MR) is 110 cm³/mol. The van der Waals surface area contributed by atoms with E-state index in [-0.39, 0.29) is 18.2 Å². The van der Waals surface area contributed by atoms with Crippen molar-refractivity contribution in [2.24, 2.45) is 0 Å². The summed E-state index contributed by atoms with van der Waals surface area (Å²) in [7, 11) is 0. The monoisotopic (exact) mass is 412 g/mol. The van der Waals surface area contributed by atoms with Crippen molar-refractivity contribution >= 4 is 22.5 Å². The molecule has 6 heteroatoms. The van der Waals surface area contributed by atoms with Crippen molar-refractivity contribution < 1.29 is 13.5 Å². The highest BCUT2D eigenvalue weighted by molar-refractivity contribution is 6.30. The van der Waals surface area contributed by atoms with Crippen molar-refractivity contribution in [1.29, 1.82) is 0 Å². The minimum atomic E-state index is -0.299. The van der Waals surface area contributed by atoms with Crippen LogP contribution in [-0.2, 0) is 13.2 Å². The molecule has 0 unspecified atom stereocenters. The number of fused-ring (bicyclic) bond motifs is 1. The zero-order valence-corrected chi connectivity index (χ0v) is 16.8. The van der Waals surface area contributed by atoms with Gasteiger partial charge in [0.2, 0.25) is 5.88 Å². The van der Waals surface area contributed by atoms with E-state index in [9.17, 15) is 8.78 Å². The molecule has 2 heterocycles. The molecule has 0 aliphatic carbocycles. The lowest BCUT2D eigenvalue weighted by Crippen LogP contribution is -2.05. The van der Waals surface area contributed by atoms with Gasteiger partial charge in [-0.1, -0.05) is 35.9 Å². The lowest BCUT2D eigenvalue weighted by molar-refractivity contribution is 0.296. The summed E-state index contributed by atoms with van der Waals surface area (Å²) in [6.45, 7) is 4.72. The van der Waals surface area contributed by atoms with Crippen LogP contribution in [0.4, 0.5) is 8.78 Å². The molecule has 148 valence electrons. The van der Waals surface area contributed by atoms with Crippen molar-refractivity contribution in [2.75, 3.05) is 0 Å². The fraction of sp³-hybridized carbons (Fsp3) is 0.174. The Morgan fingerprint density at radius 1 is 0.966 bits per heavy atom. The van der Waals surface area contributed by atoms with Gasteiger partial charge in [-0.3, -0.25) is 0 Å². The Morgan fingerprint density at radius 3 is 2.45 bits per heavy atom. The van der Waals surface area contributed by atoms with Gasteiger partial charge in [-0.2, -0.15) is 4.98 Å². The molecule has 2 aromatic heterocycles. The molecule has 2 aromatic carbocycles. The lowest BCUT2D eigenvalue weighted by atomic mass is 10.2. The molecular weight excluding hydrogens is 394 g/mol. The van der Waals surface area contributed by atoms with Gasteiger partial charge in [0.25, 0.3) is 0 Å². The summed E-state index contributed by atoms with van der Waals surface area (Å²) < 4.78 is 34.9. The summed E-state index contributed by atoms with van der Waals surface area (Å²) in [6, 6.07) is 14.4. The first kappa shape index (κ1) is 19.4. The molecule has 0 bridgehead atoms. The number of ether oxygens (including phenoxy) is 1. The van der Waals surface area contributed by atoms with Gasteiger partial charge in [0.15, 0.2) is 0 Å². The number of halogens is 3. The first-order valence-electron chi connectivity index (χ1n) is 9.20. The summed E-state index contributed by atoms with van der Waals surface area (Å²) in [4.78, 5) is 4.38. The zero-order valence-electron chi connectivity index (χ0n) is 16.0. The molecule has 0 radical (unpaired) electrons. The average molecular weight is 413 g/mol. The second-order valence-corrected chi connectivity index (χ2v) is 7.38. The number of hydrogen-bond donors (Lipinski definition) is 0. The normalized spacial score (nSPS) is 11.2. The van der Waals surface area contributed by atoms with Crippen LogP contribution in [-0.4, -0.2) is 9.55 Å². The van der Waals surface area contributed by atoms with Gasteiger partial charge in [0, 0.05) is 17.6 Å². The Hall–Kier alpha value is -2.92. The number of aryl methyl sites for hydroxylation is 1. The summed E-state index contributed by atoms with van der Waals surface area (Å²) in [6.07, 6.45) is 0. The zero-order chi connectivity index (χ0) is 20.5. The Labute approximate surface area is 172 Å². The maximum absolute atomic E-state index is 13.7. The number of hydrogen-bond acceptors (Lipinski definition) is 2. The van der Waals surface area contributed by atoms with Crippen LogP contribution in [0.1, 0.15) is 22.4 Å². The molecule has 0 spiro atoms. The third kappa shape index (κ3) is 3.96. The fourth-order valence-corrected chi connectivity index (χ4v) is 3.63. The first-order chi connectivity index (χ1) is 13.9. The van der Waals surface area contributed by atoms with Crippen LogP contribution in [0.3, 0.4) is 0 Å². The van der Waals surface area contributed by atoms with Crippen molar-refractivity contribution in [2.45, 2.75) is 27.0 Å². The molecule has 0 fully saturated rings. The van der Waals surface area contributed by atoms with E-state index in [0.29, 0.717) is 17.6 Å². The number of nitrogens with zero attached hydrogens (tertiary/aromatic N) is 2. The van der Waals surface area contributed by atoms with Crippen molar-refractivity contribution in [3.8, 4) is 5.88 Å². The minimum Gasteiger partial charge on any atom is -0.471 e. The molecule has 0 amide bonds. The number of aromatic nitrogens is 2. The van der Waals surface area contributed by atoms with E-state index in [2.05, 4.69) is 9.55 Å². The molecule has 29 heavy (non-hydrogen) atoms. The molecule has 0 N–H and O–H groups in total. The lowest BCUT2D eigenvalue weighted by Gasteiger charge is -2.13. The van der Waals surface area contributed by atoms with Gasteiger partial charge in [0.1, 0.15) is 28.9 Å². The van der Waals surface area contributed by atoms with Crippen LogP contribution in [0.15, 0.2) is 54.6 Å². The van der Waals surface area contributed by atoms with Gasteiger partial charge in [-0.05, 0) is 60.9 Å². The van der Waals surface area contributed by atoms with Crippen LogP contribution in [0.25, 0.3) is 10.9 Å². The van der Waals surface area contributed by atoms with Crippen molar-refractivity contribution in [3.63, 3.8) is 0 Å². The van der Waals surface area contributed by atoms with E-state index in [1.54, 1.807) is 18.2 Å². The molecule has 4 aromatic rings. The summed E-state index contributed by atoms with van der Waals surface area (Å²) in [5.41, 5.74) is 4.55. The minimum absolute atomic E-state index is 0.228. The van der Waals surface area contributed by atoms with Gasteiger partial charge in [0.05, 0.1) is 0 Å². The Morgan fingerprint density at radius 2 is 1.72 bits per heavy atom. The van der Waals surface area contributed by atoms with E-state index in [1.165, 1.54) is 24.3 Å². The Balaban J connectivity index is 1.77. The summed E-state index contributed by atoms with van der Waals surface area (Å²) >= 11 is 6.24. The van der Waals surface area contributed by atoms with E-state index in [0.717, 1.165) is 33.3 Å². The molecule has 0 atom stereocenters. The van der Waals surface area contributed by atoms with Crippen LogP contribution in [0.5, 0.6) is 5.88 Å². The van der Waals surface area contributed by atoms with Crippen LogP contribution in [0.2, 0.25) is 5.15 Å².